The summed E-state index contributed by atoms with van der Waals surface area (Å²) in [5.41, 5.74) is 0.707. The Morgan fingerprint density at radius 1 is 1.56 bits per heavy atom. The normalized spacial score (nSPS) is 9.69. The van der Waals surface area contributed by atoms with Gasteiger partial charge in [0.1, 0.15) is 11.8 Å². The Morgan fingerprint density at radius 2 is 2.31 bits per heavy atom. The summed E-state index contributed by atoms with van der Waals surface area (Å²) >= 11 is 5.71. The van der Waals surface area contributed by atoms with Gasteiger partial charge in [-0.25, -0.2) is 0 Å². The predicted octanol–water partition coefficient (Wildman–Crippen LogP) is 1.72. The number of nitrogens with one attached hydrogen (secondary N) is 1. The van der Waals surface area contributed by atoms with Crippen LogP contribution in [-0.2, 0) is 9.53 Å². The molecule has 1 aromatic heterocycles. The lowest BCUT2D eigenvalue weighted by molar-refractivity contribution is -0.140. The first-order valence-corrected chi connectivity index (χ1v) is 5.09. The fourth-order valence-electron chi connectivity index (χ4n) is 1.09. The lowest BCUT2D eigenvalue weighted by atomic mass is 10.4. The van der Waals surface area contributed by atoms with Gasteiger partial charge >= 0.3 is 5.97 Å². The number of aromatic nitrogens is 1. The zero-order valence-electron chi connectivity index (χ0n) is 9.12. The summed E-state index contributed by atoms with van der Waals surface area (Å²) < 4.78 is 9.81. The largest absolute Gasteiger partial charge is 0.479 e. The number of methoxy groups -OCH3 is 1. The molecule has 0 fully saturated rings. The van der Waals surface area contributed by atoms with E-state index >= 15 is 0 Å². The van der Waals surface area contributed by atoms with Crippen molar-refractivity contribution in [3.63, 3.8) is 0 Å². The molecular weight excluding hydrogens is 232 g/mol. The van der Waals surface area contributed by atoms with Crippen molar-refractivity contribution in [2.24, 2.45) is 0 Å². The van der Waals surface area contributed by atoms with E-state index in [0.29, 0.717) is 29.9 Å². The zero-order valence-corrected chi connectivity index (χ0v) is 9.87. The number of rotatable bonds is 5. The average Bonchev–Trinajstić information content (AvgIpc) is 2.25. The van der Waals surface area contributed by atoms with Crippen molar-refractivity contribution >= 4 is 23.3 Å². The second-order valence-electron chi connectivity index (χ2n) is 2.96. The molecule has 0 saturated heterocycles. The smallest absolute Gasteiger partial charge is 0.302 e. The van der Waals surface area contributed by atoms with Crippen LogP contribution in [0.3, 0.4) is 0 Å². The third kappa shape index (κ3) is 3.94. The molecule has 0 unspecified atom stereocenters. The molecule has 0 saturated carbocycles. The van der Waals surface area contributed by atoms with Crippen LogP contribution in [0.1, 0.15) is 6.92 Å². The standard InChI is InChI=1S/C10H13ClN2O3/c1-7(14)16-6-5-12-8-3-4-9(11)13-10(8)15-2/h3-4,12H,5-6H2,1-2H3. The van der Waals surface area contributed by atoms with Gasteiger partial charge in [0, 0.05) is 13.5 Å². The van der Waals surface area contributed by atoms with Gasteiger partial charge in [0.25, 0.3) is 0 Å². The molecule has 1 aromatic rings. The molecule has 0 aliphatic carbocycles. The third-order valence-electron chi connectivity index (χ3n) is 1.74. The van der Waals surface area contributed by atoms with Gasteiger partial charge in [-0.2, -0.15) is 4.98 Å². The lowest BCUT2D eigenvalue weighted by Gasteiger charge is -2.10. The molecule has 5 nitrogen and oxygen atoms in total. The maximum Gasteiger partial charge on any atom is 0.302 e. The quantitative estimate of drug-likeness (QED) is 0.486. The van der Waals surface area contributed by atoms with Crippen LogP contribution < -0.4 is 10.1 Å². The number of halogens is 1. The van der Waals surface area contributed by atoms with E-state index in [2.05, 4.69) is 10.3 Å². The van der Waals surface area contributed by atoms with Crippen LogP contribution in [0.5, 0.6) is 5.88 Å². The van der Waals surface area contributed by atoms with Crippen LogP contribution in [0.4, 0.5) is 5.69 Å². The second-order valence-corrected chi connectivity index (χ2v) is 3.34. The van der Waals surface area contributed by atoms with Crippen LogP contribution in [-0.4, -0.2) is 31.2 Å². The van der Waals surface area contributed by atoms with Crippen molar-refractivity contribution in [1.29, 1.82) is 0 Å². The van der Waals surface area contributed by atoms with Crippen LogP contribution in [0.15, 0.2) is 12.1 Å². The zero-order chi connectivity index (χ0) is 12.0. The van der Waals surface area contributed by atoms with Crippen molar-refractivity contribution in [3.05, 3.63) is 17.3 Å². The van der Waals surface area contributed by atoms with Gasteiger partial charge in [0.05, 0.1) is 12.8 Å². The number of hydrogen-bond acceptors (Lipinski definition) is 5. The molecule has 0 atom stereocenters. The molecular formula is C10H13ClN2O3. The van der Waals surface area contributed by atoms with Gasteiger partial charge in [-0.1, -0.05) is 11.6 Å². The number of pyridine rings is 1. The first kappa shape index (κ1) is 12.6. The highest BCUT2D eigenvalue weighted by Gasteiger charge is 2.04. The minimum atomic E-state index is -0.303. The second kappa shape index (κ2) is 6.17. The van der Waals surface area contributed by atoms with E-state index in [1.54, 1.807) is 12.1 Å². The van der Waals surface area contributed by atoms with Crippen LogP contribution in [0.25, 0.3) is 0 Å². The van der Waals surface area contributed by atoms with E-state index in [1.165, 1.54) is 14.0 Å². The molecule has 16 heavy (non-hydrogen) atoms. The number of hydrogen-bond donors (Lipinski definition) is 1. The fraction of sp³-hybridized carbons (Fsp3) is 0.400. The first-order valence-electron chi connectivity index (χ1n) is 4.71. The molecule has 88 valence electrons. The van der Waals surface area contributed by atoms with Gasteiger partial charge in [-0.3, -0.25) is 4.79 Å². The number of ether oxygens (including phenoxy) is 2. The highest BCUT2D eigenvalue weighted by molar-refractivity contribution is 6.29. The molecule has 0 bridgehead atoms. The summed E-state index contributed by atoms with van der Waals surface area (Å²) in [7, 11) is 1.51. The number of nitrogens with zero attached hydrogens (tertiary/aromatic N) is 1. The third-order valence-corrected chi connectivity index (χ3v) is 1.95. The van der Waals surface area contributed by atoms with Gasteiger partial charge in [0.2, 0.25) is 5.88 Å². The fourth-order valence-corrected chi connectivity index (χ4v) is 1.23. The average molecular weight is 245 g/mol. The van der Waals surface area contributed by atoms with E-state index < -0.39 is 0 Å². The summed E-state index contributed by atoms with van der Waals surface area (Å²) in [5, 5.41) is 3.39. The maximum atomic E-state index is 10.5. The summed E-state index contributed by atoms with van der Waals surface area (Å²) in [6.45, 7) is 2.14. The molecule has 0 aromatic carbocycles. The summed E-state index contributed by atoms with van der Waals surface area (Å²) in [6, 6.07) is 3.40. The Morgan fingerprint density at radius 3 is 2.94 bits per heavy atom. The van der Waals surface area contributed by atoms with Gasteiger partial charge in [-0.05, 0) is 12.1 Å². The van der Waals surface area contributed by atoms with Crippen LogP contribution >= 0.6 is 11.6 Å². The topological polar surface area (TPSA) is 60.4 Å². The molecule has 0 radical (unpaired) electrons. The van der Waals surface area contributed by atoms with Crippen LogP contribution in [0, 0.1) is 0 Å². The Kier molecular flexibility index (Phi) is 4.85. The first-order chi connectivity index (χ1) is 7.63. The van der Waals surface area contributed by atoms with Crippen molar-refractivity contribution in [3.8, 4) is 5.88 Å². The number of esters is 1. The van der Waals surface area contributed by atoms with E-state index in [-0.39, 0.29) is 5.97 Å². The molecule has 0 spiro atoms. The monoisotopic (exact) mass is 244 g/mol. The van der Waals surface area contributed by atoms with E-state index in [0.717, 1.165) is 0 Å². The molecule has 1 N–H and O–H groups in total. The summed E-state index contributed by atoms with van der Waals surface area (Å²) in [5.74, 6) is 0.110. The Hall–Kier alpha value is -1.49. The van der Waals surface area contributed by atoms with E-state index in [4.69, 9.17) is 21.1 Å². The van der Waals surface area contributed by atoms with Crippen molar-refractivity contribution in [2.75, 3.05) is 25.6 Å². The molecule has 0 aliphatic rings. The van der Waals surface area contributed by atoms with Crippen LogP contribution in [0.2, 0.25) is 5.15 Å². The Labute approximate surface area is 98.7 Å². The Bertz CT molecular complexity index is 371. The van der Waals surface area contributed by atoms with Crippen molar-refractivity contribution in [2.45, 2.75) is 6.92 Å². The highest BCUT2D eigenvalue weighted by atomic mass is 35.5. The van der Waals surface area contributed by atoms with Gasteiger partial charge in [-0.15, -0.1) is 0 Å². The van der Waals surface area contributed by atoms with E-state index in [9.17, 15) is 4.79 Å². The molecule has 6 heteroatoms. The number of anilines is 1. The Balaban J connectivity index is 2.50. The molecule has 0 amide bonds. The molecule has 1 heterocycles. The summed E-state index contributed by atoms with van der Waals surface area (Å²) in [6.07, 6.45) is 0. The predicted molar refractivity (Wildman–Crippen MR) is 60.9 cm³/mol. The lowest BCUT2D eigenvalue weighted by Crippen LogP contribution is -2.12. The van der Waals surface area contributed by atoms with Gasteiger partial charge in [0.15, 0.2) is 0 Å². The van der Waals surface area contributed by atoms with Crippen molar-refractivity contribution < 1.29 is 14.3 Å². The van der Waals surface area contributed by atoms with Gasteiger partial charge < -0.3 is 14.8 Å². The SMILES string of the molecule is COc1nc(Cl)ccc1NCCOC(C)=O. The minimum Gasteiger partial charge on any atom is -0.479 e. The maximum absolute atomic E-state index is 10.5. The summed E-state index contributed by atoms with van der Waals surface area (Å²) in [4.78, 5) is 14.5. The van der Waals surface area contributed by atoms with Crippen molar-refractivity contribution in [1.82, 2.24) is 4.98 Å². The molecule has 1 rings (SSSR count). The number of carbonyl (C=O) groups is 1. The number of carbonyl (C=O) groups excluding carboxylic acids is 1. The van der Waals surface area contributed by atoms with E-state index in [1.807, 2.05) is 0 Å². The molecule has 0 aliphatic heterocycles. The minimum absolute atomic E-state index is 0.293. The highest BCUT2D eigenvalue weighted by Crippen LogP contribution is 2.23.